The van der Waals surface area contributed by atoms with Crippen molar-refractivity contribution in [1.82, 2.24) is 4.57 Å². The lowest BCUT2D eigenvalue weighted by Crippen LogP contribution is -2.19. The van der Waals surface area contributed by atoms with Crippen LogP contribution in [0.2, 0.25) is 0 Å². The van der Waals surface area contributed by atoms with Gasteiger partial charge in [0.2, 0.25) is 0 Å². The second-order valence-electron chi connectivity index (χ2n) is 3.81. The molecule has 1 aromatic carbocycles. The Morgan fingerprint density at radius 3 is 2.72 bits per heavy atom. The van der Waals surface area contributed by atoms with Crippen LogP contribution in [-0.4, -0.2) is 22.9 Å². The third-order valence-corrected chi connectivity index (χ3v) is 2.73. The maximum Gasteiger partial charge on any atom is 0.381 e. The van der Waals surface area contributed by atoms with E-state index >= 15 is 0 Å². The molecule has 94 valence electrons. The molecule has 0 unspecified atom stereocenters. The number of esters is 1. The van der Waals surface area contributed by atoms with Crippen molar-refractivity contribution in [3.05, 3.63) is 35.8 Å². The highest BCUT2D eigenvalue weighted by molar-refractivity contribution is 6.40. The van der Waals surface area contributed by atoms with Crippen molar-refractivity contribution in [3.8, 4) is 0 Å². The number of Topliss-reactive ketones (excluding diaryl/α,β-unsaturated/α-hetero) is 1. The summed E-state index contributed by atoms with van der Waals surface area (Å²) in [7, 11) is 1.61. The fourth-order valence-corrected chi connectivity index (χ4v) is 1.84. The number of carbonyl (C=O) groups excluding carboxylic acids is 2. The molecule has 0 spiro atoms. The van der Waals surface area contributed by atoms with E-state index < -0.39 is 17.6 Å². The zero-order valence-electron chi connectivity index (χ0n) is 10.1. The highest BCUT2D eigenvalue weighted by Gasteiger charge is 2.22. The molecule has 4 nitrogen and oxygen atoms in total. The van der Waals surface area contributed by atoms with Crippen LogP contribution in [-0.2, 0) is 16.6 Å². The third kappa shape index (κ3) is 1.88. The number of aromatic nitrogens is 1. The number of aryl methyl sites for hydroxylation is 1. The van der Waals surface area contributed by atoms with Crippen molar-refractivity contribution in [1.29, 1.82) is 0 Å². The number of ketones is 1. The van der Waals surface area contributed by atoms with Crippen LogP contribution in [0.5, 0.6) is 0 Å². The van der Waals surface area contributed by atoms with Crippen LogP contribution >= 0.6 is 0 Å². The topological polar surface area (TPSA) is 48.3 Å². The summed E-state index contributed by atoms with van der Waals surface area (Å²) >= 11 is 0. The molecule has 0 aliphatic carbocycles. The van der Waals surface area contributed by atoms with Crippen molar-refractivity contribution in [2.24, 2.45) is 7.05 Å². The number of hydrogen-bond acceptors (Lipinski definition) is 3. The van der Waals surface area contributed by atoms with Gasteiger partial charge in [-0.15, -0.1) is 0 Å². The molecule has 18 heavy (non-hydrogen) atoms. The summed E-state index contributed by atoms with van der Waals surface area (Å²) in [5.74, 6) is -2.12. The first-order chi connectivity index (χ1) is 8.56. The number of ether oxygens (including phenoxy) is 1. The van der Waals surface area contributed by atoms with E-state index in [4.69, 9.17) is 0 Å². The van der Waals surface area contributed by atoms with E-state index in [2.05, 4.69) is 4.74 Å². The van der Waals surface area contributed by atoms with Gasteiger partial charge in [0.05, 0.1) is 17.8 Å². The van der Waals surface area contributed by atoms with Crippen LogP contribution < -0.4 is 0 Å². The van der Waals surface area contributed by atoms with Gasteiger partial charge >= 0.3 is 5.97 Å². The van der Waals surface area contributed by atoms with Crippen LogP contribution in [0.3, 0.4) is 0 Å². The van der Waals surface area contributed by atoms with E-state index in [9.17, 15) is 14.0 Å². The van der Waals surface area contributed by atoms with Crippen molar-refractivity contribution < 1.29 is 18.7 Å². The van der Waals surface area contributed by atoms with Crippen LogP contribution in [0.25, 0.3) is 10.9 Å². The Hall–Kier alpha value is -2.17. The summed E-state index contributed by atoms with van der Waals surface area (Å²) in [5, 5.41) is 0.313. The average molecular weight is 249 g/mol. The lowest BCUT2D eigenvalue weighted by atomic mass is 10.2. The van der Waals surface area contributed by atoms with E-state index in [-0.39, 0.29) is 12.3 Å². The van der Waals surface area contributed by atoms with Gasteiger partial charge in [-0.05, 0) is 25.1 Å². The molecule has 5 heteroatoms. The number of carbonyl (C=O) groups is 2. The highest BCUT2D eigenvalue weighted by Crippen LogP contribution is 2.22. The van der Waals surface area contributed by atoms with Crippen molar-refractivity contribution >= 4 is 22.7 Å². The standard InChI is InChI=1S/C13H12FNO3/c1-3-18-13(17)12(16)11-7-8-9(14)5-4-6-10(8)15(11)2/h4-7H,3H2,1-2H3. The molecule has 0 atom stereocenters. The maximum atomic E-state index is 13.6. The van der Waals surface area contributed by atoms with Gasteiger partial charge in [-0.2, -0.15) is 0 Å². The van der Waals surface area contributed by atoms with Gasteiger partial charge in [-0.1, -0.05) is 6.07 Å². The summed E-state index contributed by atoms with van der Waals surface area (Å²) < 4.78 is 19.7. The minimum Gasteiger partial charge on any atom is -0.460 e. The molecule has 0 aliphatic rings. The van der Waals surface area contributed by atoms with Gasteiger partial charge < -0.3 is 9.30 Å². The summed E-state index contributed by atoms with van der Waals surface area (Å²) in [5.41, 5.74) is 0.677. The first-order valence-corrected chi connectivity index (χ1v) is 5.51. The molecule has 2 rings (SSSR count). The highest BCUT2D eigenvalue weighted by atomic mass is 19.1. The number of halogens is 1. The maximum absolute atomic E-state index is 13.6. The van der Waals surface area contributed by atoms with Crippen LogP contribution in [0.4, 0.5) is 4.39 Å². The molecule has 0 bridgehead atoms. The molecular formula is C13H12FNO3. The van der Waals surface area contributed by atoms with Gasteiger partial charge in [-0.3, -0.25) is 4.79 Å². The van der Waals surface area contributed by atoms with Crippen molar-refractivity contribution in [3.63, 3.8) is 0 Å². The third-order valence-electron chi connectivity index (χ3n) is 2.73. The molecule has 1 heterocycles. The lowest BCUT2D eigenvalue weighted by molar-refractivity contribution is -0.137. The summed E-state index contributed by atoms with van der Waals surface area (Å²) in [6, 6.07) is 5.90. The minimum absolute atomic E-state index is 0.119. The Kier molecular flexibility index (Phi) is 3.14. The van der Waals surface area contributed by atoms with E-state index in [0.29, 0.717) is 10.9 Å². The summed E-state index contributed by atoms with van der Waals surface area (Å²) in [4.78, 5) is 23.2. The Balaban J connectivity index is 2.52. The van der Waals surface area contributed by atoms with Gasteiger partial charge in [0.1, 0.15) is 5.82 Å². The fraction of sp³-hybridized carbons (Fsp3) is 0.231. The van der Waals surface area contributed by atoms with Gasteiger partial charge in [0, 0.05) is 12.4 Å². The number of rotatable bonds is 3. The normalized spacial score (nSPS) is 10.6. The van der Waals surface area contributed by atoms with Crippen molar-refractivity contribution in [2.75, 3.05) is 6.61 Å². The van der Waals surface area contributed by atoms with Crippen LogP contribution in [0.1, 0.15) is 17.4 Å². The van der Waals surface area contributed by atoms with E-state index in [0.717, 1.165) is 0 Å². The Bertz CT molecular complexity index is 630. The Morgan fingerprint density at radius 2 is 2.11 bits per heavy atom. The second kappa shape index (κ2) is 4.60. The molecule has 0 aliphatic heterocycles. The first kappa shape index (κ1) is 12.3. The smallest absolute Gasteiger partial charge is 0.381 e. The fourth-order valence-electron chi connectivity index (χ4n) is 1.84. The number of benzene rings is 1. The predicted octanol–water partition coefficient (Wildman–Crippen LogP) is 2.06. The Labute approximate surface area is 103 Å². The second-order valence-corrected chi connectivity index (χ2v) is 3.81. The predicted molar refractivity (Wildman–Crippen MR) is 63.8 cm³/mol. The first-order valence-electron chi connectivity index (χ1n) is 5.51. The van der Waals surface area contributed by atoms with Crippen LogP contribution in [0, 0.1) is 5.82 Å². The SMILES string of the molecule is CCOC(=O)C(=O)c1cc2c(F)cccc2n1C. The van der Waals surface area contributed by atoms with Gasteiger partial charge in [0.25, 0.3) is 5.78 Å². The molecule has 0 fully saturated rings. The van der Waals surface area contributed by atoms with Crippen molar-refractivity contribution in [2.45, 2.75) is 6.92 Å². The van der Waals surface area contributed by atoms with E-state index in [1.807, 2.05) is 0 Å². The zero-order valence-corrected chi connectivity index (χ0v) is 10.1. The summed E-state index contributed by atoms with van der Waals surface area (Å²) in [6.07, 6.45) is 0. The molecule has 2 aromatic rings. The molecule has 1 aromatic heterocycles. The lowest BCUT2D eigenvalue weighted by Gasteiger charge is -2.02. The van der Waals surface area contributed by atoms with Crippen LogP contribution in [0.15, 0.2) is 24.3 Å². The molecular weight excluding hydrogens is 237 g/mol. The number of nitrogens with zero attached hydrogens (tertiary/aromatic N) is 1. The van der Waals surface area contributed by atoms with Gasteiger partial charge in [-0.25, -0.2) is 9.18 Å². The monoisotopic (exact) mass is 249 g/mol. The minimum atomic E-state index is -0.927. The quantitative estimate of drug-likeness (QED) is 0.475. The van der Waals surface area contributed by atoms with Gasteiger partial charge in [0.15, 0.2) is 0 Å². The summed E-state index contributed by atoms with van der Waals surface area (Å²) in [6.45, 7) is 1.75. The number of fused-ring (bicyclic) bond motifs is 1. The molecule has 0 amide bonds. The average Bonchev–Trinajstić information content (AvgIpc) is 2.68. The number of hydrogen-bond donors (Lipinski definition) is 0. The molecule has 0 radical (unpaired) electrons. The molecule has 0 saturated heterocycles. The molecule has 0 N–H and O–H groups in total. The van der Waals surface area contributed by atoms with E-state index in [1.165, 1.54) is 16.7 Å². The molecule has 0 saturated carbocycles. The largest absolute Gasteiger partial charge is 0.460 e. The zero-order chi connectivity index (χ0) is 13.3. The Morgan fingerprint density at radius 1 is 1.39 bits per heavy atom. The van der Waals surface area contributed by atoms with E-state index in [1.54, 1.807) is 26.1 Å².